The number of rotatable bonds is 4. The third-order valence-electron chi connectivity index (χ3n) is 3.33. The number of nitrogens with one attached hydrogen (secondary N) is 1. The second kappa shape index (κ2) is 5.02. The second-order valence-corrected chi connectivity index (χ2v) is 6.94. The van der Waals surface area contributed by atoms with Crippen LogP contribution in [-0.2, 0) is 19.4 Å². The Morgan fingerprint density at radius 3 is 2.55 bits per heavy atom. The van der Waals surface area contributed by atoms with Crippen molar-refractivity contribution in [1.82, 2.24) is 5.32 Å². The first-order valence-corrected chi connectivity index (χ1v) is 7.86. The third kappa shape index (κ3) is 2.61. The first kappa shape index (κ1) is 14.7. The van der Waals surface area contributed by atoms with E-state index in [2.05, 4.69) is 5.32 Å². The average molecular weight is 300 g/mol. The highest BCUT2D eigenvalue weighted by molar-refractivity contribution is 7.95. The number of amides is 1. The van der Waals surface area contributed by atoms with Gasteiger partial charge in [-0.1, -0.05) is 6.08 Å². The van der Waals surface area contributed by atoms with Crippen molar-refractivity contribution in [3.63, 3.8) is 0 Å². The number of nitrogens with two attached hydrogens (primary N) is 1. The summed E-state index contributed by atoms with van der Waals surface area (Å²) < 4.78 is 24.7. The van der Waals surface area contributed by atoms with Gasteiger partial charge in [0.25, 0.3) is 0 Å². The third-order valence-corrected chi connectivity index (χ3v) is 5.37. The molecule has 0 radical (unpaired) electrons. The molecule has 0 aromatic heterocycles. The SMILES string of the molecule is C/C=C1\NC(=O)C(N)C(S(=O)(=O)CC2CC2)=C1C(=O)O. The van der Waals surface area contributed by atoms with Crippen molar-refractivity contribution in [1.29, 1.82) is 0 Å². The molecule has 7 nitrogen and oxygen atoms in total. The summed E-state index contributed by atoms with van der Waals surface area (Å²) in [6.07, 6.45) is 2.94. The van der Waals surface area contributed by atoms with Crippen molar-refractivity contribution in [2.45, 2.75) is 25.8 Å². The van der Waals surface area contributed by atoms with Crippen LogP contribution in [0.15, 0.2) is 22.3 Å². The molecule has 1 aliphatic carbocycles. The summed E-state index contributed by atoms with van der Waals surface area (Å²) in [5, 5.41) is 11.6. The lowest BCUT2D eigenvalue weighted by Crippen LogP contribution is -2.49. The number of aliphatic carboxylic acids is 1. The molecular formula is C12H16N2O5S. The Kier molecular flexibility index (Phi) is 3.70. The van der Waals surface area contributed by atoms with E-state index in [-0.39, 0.29) is 17.4 Å². The lowest BCUT2D eigenvalue weighted by molar-refractivity contribution is -0.132. The molecular weight excluding hydrogens is 284 g/mol. The normalized spacial score (nSPS) is 25.8. The van der Waals surface area contributed by atoms with Crippen molar-refractivity contribution in [2.24, 2.45) is 11.7 Å². The van der Waals surface area contributed by atoms with E-state index in [1.807, 2.05) is 0 Å². The van der Waals surface area contributed by atoms with E-state index in [0.29, 0.717) is 0 Å². The quantitative estimate of drug-likeness (QED) is 0.643. The van der Waals surface area contributed by atoms with Crippen molar-refractivity contribution < 1.29 is 23.1 Å². The van der Waals surface area contributed by atoms with Crippen LogP contribution >= 0.6 is 0 Å². The van der Waals surface area contributed by atoms with E-state index in [4.69, 9.17) is 5.73 Å². The van der Waals surface area contributed by atoms with Crippen LogP contribution in [0.1, 0.15) is 19.8 Å². The highest BCUT2D eigenvalue weighted by Gasteiger charge is 2.42. The molecule has 0 spiro atoms. The molecule has 2 rings (SSSR count). The largest absolute Gasteiger partial charge is 0.478 e. The van der Waals surface area contributed by atoms with Gasteiger partial charge in [0.2, 0.25) is 5.91 Å². The summed E-state index contributed by atoms with van der Waals surface area (Å²) in [5.41, 5.74) is 5.15. The van der Waals surface area contributed by atoms with Crippen LogP contribution in [0, 0.1) is 5.92 Å². The van der Waals surface area contributed by atoms with Crippen molar-refractivity contribution >= 4 is 21.7 Å². The molecule has 110 valence electrons. The fourth-order valence-corrected chi connectivity index (χ4v) is 4.29. The predicted octanol–water partition coefficient (Wildman–Crippen LogP) is -0.489. The minimum atomic E-state index is -3.87. The molecule has 4 N–H and O–H groups in total. The summed E-state index contributed by atoms with van der Waals surface area (Å²) in [4.78, 5) is 22.6. The van der Waals surface area contributed by atoms with E-state index < -0.39 is 38.2 Å². The van der Waals surface area contributed by atoms with Crippen LogP contribution in [-0.4, -0.2) is 37.2 Å². The molecule has 1 aliphatic heterocycles. The van der Waals surface area contributed by atoms with Gasteiger partial charge >= 0.3 is 5.97 Å². The minimum absolute atomic E-state index is 0.0291. The fraction of sp³-hybridized carbons (Fsp3) is 0.500. The molecule has 0 aromatic carbocycles. The Balaban J connectivity index is 2.61. The topological polar surface area (TPSA) is 127 Å². The Hall–Kier alpha value is -1.67. The summed E-state index contributed by atoms with van der Waals surface area (Å²) in [6.45, 7) is 1.51. The Bertz CT molecular complexity index is 628. The number of carboxylic acid groups (broad SMARTS) is 1. The van der Waals surface area contributed by atoms with Gasteiger partial charge in [-0.05, 0) is 25.7 Å². The molecule has 1 saturated carbocycles. The Morgan fingerprint density at radius 1 is 1.50 bits per heavy atom. The predicted molar refractivity (Wildman–Crippen MR) is 71.0 cm³/mol. The van der Waals surface area contributed by atoms with Crippen LogP contribution in [0.25, 0.3) is 0 Å². The number of carbonyl (C=O) groups excluding carboxylic acids is 1. The minimum Gasteiger partial charge on any atom is -0.478 e. The van der Waals surface area contributed by atoms with Gasteiger partial charge in [0, 0.05) is 0 Å². The van der Waals surface area contributed by atoms with Gasteiger partial charge < -0.3 is 16.2 Å². The van der Waals surface area contributed by atoms with Gasteiger partial charge in [0.15, 0.2) is 9.84 Å². The number of carboxylic acids is 1. The van der Waals surface area contributed by atoms with Crippen LogP contribution in [0.5, 0.6) is 0 Å². The smallest absolute Gasteiger partial charge is 0.338 e. The molecule has 1 fully saturated rings. The first-order chi connectivity index (χ1) is 9.27. The number of hydrogen-bond acceptors (Lipinski definition) is 5. The van der Waals surface area contributed by atoms with Crippen LogP contribution in [0.3, 0.4) is 0 Å². The zero-order valence-electron chi connectivity index (χ0n) is 10.9. The summed E-state index contributed by atoms with van der Waals surface area (Å²) in [6, 6.07) is -1.48. The van der Waals surface area contributed by atoms with Gasteiger partial charge in [0.05, 0.1) is 21.9 Å². The molecule has 1 atom stereocenters. The molecule has 8 heteroatoms. The molecule has 1 heterocycles. The summed E-state index contributed by atoms with van der Waals surface area (Å²) in [7, 11) is -3.87. The van der Waals surface area contributed by atoms with E-state index in [0.717, 1.165) is 12.8 Å². The lowest BCUT2D eigenvalue weighted by atomic mass is 10.0. The second-order valence-electron chi connectivity index (χ2n) is 4.94. The van der Waals surface area contributed by atoms with Gasteiger partial charge in [-0.3, -0.25) is 4.79 Å². The number of sulfone groups is 1. The zero-order chi connectivity index (χ0) is 15.1. The lowest BCUT2D eigenvalue weighted by Gasteiger charge is -2.25. The Morgan fingerprint density at radius 2 is 2.10 bits per heavy atom. The molecule has 1 unspecified atom stereocenters. The van der Waals surface area contributed by atoms with Gasteiger partial charge in [-0.25, -0.2) is 13.2 Å². The zero-order valence-corrected chi connectivity index (χ0v) is 11.7. The van der Waals surface area contributed by atoms with E-state index in [1.165, 1.54) is 13.0 Å². The summed E-state index contributed by atoms with van der Waals surface area (Å²) in [5.74, 6) is -2.24. The standard InChI is InChI=1S/C12H16N2O5S/c1-2-7-8(12(16)17)10(9(13)11(15)14-7)20(18,19)5-6-3-4-6/h2,6,9H,3-5,13H2,1H3,(H,14,15)(H,16,17)/b7-2-. The average Bonchev–Trinajstić information content (AvgIpc) is 3.14. The molecule has 2 aliphatic rings. The van der Waals surface area contributed by atoms with Crippen LogP contribution < -0.4 is 11.1 Å². The van der Waals surface area contributed by atoms with Crippen molar-refractivity contribution in [3.8, 4) is 0 Å². The highest BCUT2D eigenvalue weighted by Crippen LogP contribution is 2.34. The summed E-state index contributed by atoms with van der Waals surface area (Å²) >= 11 is 0. The van der Waals surface area contributed by atoms with Crippen LogP contribution in [0.4, 0.5) is 0 Å². The van der Waals surface area contributed by atoms with Crippen LogP contribution in [0.2, 0.25) is 0 Å². The van der Waals surface area contributed by atoms with Gasteiger partial charge in [-0.15, -0.1) is 0 Å². The van der Waals surface area contributed by atoms with Gasteiger partial charge in [-0.2, -0.15) is 0 Å². The molecule has 20 heavy (non-hydrogen) atoms. The first-order valence-electron chi connectivity index (χ1n) is 6.21. The van der Waals surface area contributed by atoms with Crippen molar-refractivity contribution in [3.05, 3.63) is 22.3 Å². The number of hydrogen-bond donors (Lipinski definition) is 3. The maximum absolute atomic E-state index is 12.4. The fourth-order valence-electron chi connectivity index (χ4n) is 2.15. The highest BCUT2D eigenvalue weighted by atomic mass is 32.2. The Labute approximate surface area is 116 Å². The molecule has 0 aromatic rings. The van der Waals surface area contributed by atoms with Gasteiger partial charge in [0.1, 0.15) is 6.04 Å². The molecule has 0 saturated heterocycles. The monoisotopic (exact) mass is 300 g/mol. The maximum Gasteiger partial charge on any atom is 0.338 e. The number of allylic oxidation sites excluding steroid dienone is 1. The van der Waals surface area contributed by atoms with Crippen molar-refractivity contribution in [2.75, 3.05) is 5.75 Å². The molecule has 1 amide bonds. The molecule has 0 bridgehead atoms. The van der Waals surface area contributed by atoms with E-state index >= 15 is 0 Å². The number of carbonyl (C=O) groups is 2. The van der Waals surface area contributed by atoms with E-state index in [1.54, 1.807) is 0 Å². The maximum atomic E-state index is 12.4. The van der Waals surface area contributed by atoms with E-state index in [9.17, 15) is 23.1 Å².